The first-order chi connectivity index (χ1) is 11.1. The summed E-state index contributed by atoms with van der Waals surface area (Å²) in [5, 5.41) is 31.4. The van der Waals surface area contributed by atoms with Gasteiger partial charge >= 0.3 is 6.03 Å². The first-order valence-electron chi connectivity index (χ1n) is 7.63. The molecule has 0 bridgehead atoms. The van der Waals surface area contributed by atoms with E-state index in [0.29, 0.717) is 0 Å². The molecular weight excluding hydrogens is 320 g/mol. The second-order valence-electron chi connectivity index (χ2n) is 6.44. The van der Waals surface area contributed by atoms with Crippen LogP contribution in [0.3, 0.4) is 0 Å². The number of nitrogens with two attached hydrogens (primary N) is 2. The van der Waals surface area contributed by atoms with Gasteiger partial charge in [0.05, 0.1) is 12.5 Å². The number of urea groups is 1. The molecule has 0 aliphatic carbocycles. The first kappa shape index (κ1) is 18.6. The highest BCUT2D eigenvalue weighted by Crippen LogP contribution is 2.29. The normalized spacial score (nSPS) is 37.6. The molecule has 24 heavy (non-hydrogen) atoms. The molecule has 1 fully saturated rings. The Morgan fingerprint density at radius 2 is 2.08 bits per heavy atom. The Kier molecular flexibility index (Phi) is 5.16. The lowest BCUT2D eigenvalue weighted by atomic mass is 9.82. The Labute approximate surface area is 139 Å². The van der Waals surface area contributed by atoms with Gasteiger partial charge in [-0.1, -0.05) is 13.8 Å². The molecule has 0 radical (unpaired) electrons. The minimum Gasteiger partial charge on any atom is -0.394 e. The van der Waals surface area contributed by atoms with Gasteiger partial charge in [0.15, 0.2) is 6.23 Å². The molecule has 0 aromatic carbocycles. The first-order valence-corrected chi connectivity index (χ1v) is 7.63. The summed E-state index contributed by atoms with van der Waals surface area (Å²) in [5.41, 5.74) is 10.0. The van der Waals surface area contributed by atoms with Crippen LogP contribution < -0.4 is 16.8 Å². The highest BCUT2D eigenvalue weighted by Gasteiger charge is 2.49. The third kappa shape index (κ3) is 3.10. The van der Waals surface area contributed by atoms with Crippen LogP contribution in [0.1, 0.15) is 13.8 Å². The van der Waals surface area contributed by atoms with Gasteiger partial charge in [0.25, 0.3) is 0 Å². The van der Waals surface area contributed by atoms with E-state index in [4.69, 9.17) is 21.3 Å². The van der Waals surface area contributed by atoms with Crippen molar-refractivity contribution in [1.29, 1.82) is 0 Å². The molecule has 0 spiro atoms. The zero-order valence-corrected chi connectivity index (χ0v) is 13.5. The van der Waals surface area contributed by atoms with Crippen molar-refractivity contribution in [1.82, 2.24) is 10.2 Å². The van der Waals surface area contributed by atoms with Gasteiger partial charge in [0.2, 0.25) is 5.91 Å². The molecule has 136 valence electrons. The molecule has 0 aromatic rings. The average molecular weight is 344 g/mol. The molecule has 10 nitrogen and oxygen atoms in total. The monoisotopic (exact) mass is 344 g/mol. The minimum atomic E-state index is -1.48. The van der Waals surface area contributed by atoms with E-state index in [1.54, 1.807) is 13.8 Å². The second-order valence-corrected chi connectivity index (χ2v) is 6.44. The highest BCUT2D eigenvalue weighted by molar-refractivity contribution is 5.83. The van der Waals surface area contributed by atoms with Crippen LogP contribution in [0.15, 0.2) is 12.3 Å². The molecule has 2 rings (SSSR count). The van der Waals surface area contributed by atoms with Crippen LogP contribution in [0.25, 0.3) is 0 Å². The van der Waals surface area contributed by atoms with Gasteiger partial charge in [-0.2, -0.15) is 0 Å². The molecule has 3 amide bonds. The number of carbonyl (C=O) groups excluding carboxylic acids is 2. The van der Waals surface area contributed by atoms with E-state index >= 15 is 0 Å². The Morgan fingerprint density at radius 1 is 1.46 bits per heavy atom. The molecule has 10 heteroatoms. The maximum Gasteiger partial charge on any atom is 0.325 e. The van der Waals surface area contributed by atoms with E-state index in [0.717, 1.165) is 4.90 Å². The molecular formula is C14H24N4O6. The standard InChI is InChI=1S/C14H24N4O6/c1-6(2)8(11(15)22)14(16)3-4-18(13(23)17-14)12-10(21)9(20)7(5-19)24-12/h3-4,6-10,12,19-21H,5,16H2,1-2H3,(H2,15,22)(H,17,23)/t7-,8?,9-,10-,12-,14?/m1/s1. The van der Waals surface area contributed by atoms with Crippen LogP contribution in [0.2, 0.25) is 0 Å². The smallest absolute Gasteiger partial charge is 0.325 e. The van der Waals surface area contributed by atoms with Gasteiger partial charge < -0.3 is 36.8 Å². The summed E-state index contributed by atoms with van der Waals surface area (Å²) >= 11 is 0. The summed E-state index contributed by atoms with van der Waals surface area (Å²) in [7, 11) is 0. The van der Waals surface area contributed by atoms with Crippen molar-refractivity contribution in [2.24, 2.45) is 23.3 Å². The van der Waals surface area contributed by atoms with Crippen LogP contribution in [0, 0.1) is 11.8 Å². The van der Waals surface area contributed by atoms with E-state index in [2.05, 4.69) is 5.32 Å². The van der Waals surface area contributed by atoms with Gasteiger partial charge in [-0.25, -0.2) is 4.79 Å². The lowest BCUT2D eigenvalue weighted by Crippen LogP contribution is -2.68. The lowest BCUT2D eigenvalue weighted by molar-refractivity contribution is -0.125. The largest absolute Gasteiger partial charge is 0.394 e. The zero-order chi connectivity index (χ0) is 18.2. The zero-order valence-electron chi connectivity index (χ0n) is 13.5. The summed E-state index contributed by atoms with van der Waals surface area (Å²) in [6, 6.07) is -0.721. The number of ether oxygens (including phenoxy) is 1. The van der Waals surface area contributed by atoms with Crippen molar-refractivity contribution in [3.8, 4) is 0 Å². The fourth-order valence-corrected chi connectivity index (χ4v) is 3.17. The van der Waals surface area contributed by atoms with Crippen molar-refractivity contribution >= 4 is 11.9 Å². The maximum absolute atomic E-state index is 12.4. The average Bonchev–Trinajstić information content (AvgIpc) is 2.74. The van der Waals surface area contributed by atoms with Crippen molar-refractivity contribution in [3.63, 3.8) is 0 Å². The second kappa shape index (κ2) is 6.65. The van der Waals surface area contributed by atoms with Crippen molar-refractivity contribution in [2.75, 3.05) is 6.61 Å². The maximum atomic E-state index is 12.4. The predicted octanol–water partition coefficient (Wildman–Crippen LogP) is -2.62. The third-order valence-electron chi connectivity index (χ3n) is 4.35. The summed E-state index contributed by atoms with van der Waals surface area (Å²) in [6.45, 7) is 3.00. The molecule has 2 aliphatic heterocycles. The number of amides is 3. The Hall–Kier alpha value is -1.72. The quantitative estimate of drug-likeness (QED) is 0.317. The van der Waals surface area contributed by atoms with E-state index in [-0.39, 0.29) is 5.92 Å². The van der Waals surface area contributed by atoms with Crippen LogP contribution in [-0.2, 0) is 9.53 Å². The number of aliphatic hydroxyl groups is 3. The van der Waals surface area contributed by atoms with Crippen molar-refractivity contribution < 1.29 is 29.6 Å². The van der Waals surface area contributed by atoms with Gasteiger partial charge in [-0.3, -0.25) is 9.69 Å². The molecule has 2 unspecified atom stereocenters. The number of nitrogens with zero attached hydrogens (tertiary/aromatic N) is 1. The highest BCUT2D eigenvalue weighted by atomic mass is 16.6. The molecule has 1 saturated heterocycles. The molecule has 0 aromatic heterocycles. The number of carbonyl (C=O) groups is 2. The van der Waals surface area contributed by atoms with Gasteiger partial charge in [-0.15, -0.1) is 0 Å². The molecule has 8 N–H and O–H groups in total. The Bertz CT molecular complexity index is 541. The van der Waals surface area contributed by atoms with E-state index in [1.165, 1.54) is 12.3 Å². The third-order valence-corrected chi connectivity index (χ3v) is 4.35. The minimum absolute atomic E-state index is 0.224. The molecule has 2 aliphatic rings. The molecule has 2 heterocycles. The van der Waals surface area contributed by atoms with Crippen LogP contribution in [-0.4, -0.2) is 69.0 Å². The Morgan fingerprint density at radius 3 is 2.50 bits per heavy atom. The predicted molar refractivity (Wildman–Crippen MR) is 81.7 cm³/mol. The fraction of sp³-hybridized carbons (Fsp3) is 0.714. The van der Waals surface area contributed by atoms with E-state index in [1.807, 2.05) is 0 Å². The topological polar surface area (TPSA) is 171 Å². The number of nitrogens with one attached hydrogen (secondary N) is 1. The van der Waals surface area contributed by atoms with Gasteiger partial charge in [0.1, 0.15) is 24.0 Å². The number of hydrogen-bond acceptors (Lipinski definition) is 7. The number of hydrogen-bond donors (Lipinski definition) is 6. The number of primary amides is 1. The summed E-state index contributed by atoms with van der Waals surface area (Å²) in [4.78, 5) is 25.1. The Balaban J connectivity index is 2.24. The fourth-order valence-electron chi connectivity index (χ4n) is 3.17. The number of aliphatic hydroxyl groups excluding tert-OH is 3. The summed E-state index contributed by atoms with van der Waals surface area (Å²) < 4.78 is 5.30. The summed E-state index contributed by atoms with van der Waals surface area (Å²) in [5.74, 6) is -1.72. The van der Waals surface area contributed by atoms with Crippen LogP contribution >= 0.6 is 0 Å². The van der Waals surface area contributed by atoms with Crippen LogP contribution in [0.4, 0.5) is 4.79 Å². The van der Waals surface area contributed by atoms with Crippen molar-refractivity contribution in [3.05, 3.63) is 12.3 Å². The van der Waals surface area contributed by atoms with Crippen LogP contribution in [0.5, 0.6) is 0 Å². The lowest BCUT2D eigenvalue weighted by Gasteiger charge is -2.42. The molecule has 6 atom stereocenters. The van der Waals surface area contributed by atoms with E-state index in [9.17, 15) is 19.8 Å². The van der Waals surface area contributed by atoms with Gasteiger partial charge in [0, 0.05) is 6.20 Å². The van der Waals surface area contributed by atoms with Crippen molar-refractivity contribution in [2.45, 2.75) is 44.1 Å². The number of rotatable bonds is 5. The molecule has 0 saturated carbocycles. The summed E-state index contributed by atoms with van der Waals surface area (Å²) in [6.07, 6.45) is -2.27. The SMILES string of the molecule is CC(C)C(C(N)=O)C1(N)C=CN([C@@H]2O[C@H](CO)[C@@H](O)[C@H]2O)C(=O)N1. The van der Waals surface area contributed by atoms with Gasteiger partial charge in [-0.05, 0) is 12.0 Å². The van der Waals surface area contributed by atoms with E-state index < -0.39 is 54.7 Å².